The summed E-state index contributed by atoms with van der Waals surface area (Å²) < 4.78 is 27.1. The maximum Gasteiger partial charge on any atom is 0.228 e. The molecule has 1 aromatic rings. The molecule has 3 saturated heterocycles. The second-order valence-electron chi connectivity index (χ2n) is 9.19. The lowest BCUT2D eigenvalue weighted by molar-refractivity contribution is -0.138. The summed E-state index contributed by atoms with van der Waals surface area (Å²) in [7, 11) is -3.22. The van der Waals surface area contributed by atoms with Gasteiger partial charge in [0.05, 0.1) is 11.2 Å². The average molecular weight is 419 g/mol. The number of amides is 1. The van der Waals surface area contributed by atoms with Crippen molar-refractivity contribution in [2.24, 2.45) is 17.8 Å². The molecule has 0 aromatic carbocycles. The number of fused-ring (bicyclic) bond motifs is 1. The first-order valence-electron chi connectivity index (χ1n) is 10.9. The number of hydrogen-bond acceptors (Lipinski definition) is 5. The quantitative estimate of drug-likeness (QED) is 0.742. The van der Waals surface area contributed by atoms with Crippen molar-refractivity contribution in [2.75, 3.05) is 44.2 Å². The van der Waals surface area contributed by atoms with E-state index in [9.17, 15) is 13.2 Å². The lowest BCUT2D eigenvalue weighted by atomic mass is 10.0. The van der Waals surface area contributed by atoms with Gasteiger partial charge in [0.2, 0.25) is 15.9 Å². The number of aromatic nitrogens is 1. The Balaban J connectivity index is 1.13. The van der Waals surface area contributed by atoms with Crippen molar-refractivity contribution in [3.05, 3.63) is 24.5 Å². The van der Waals surface area contributed by atoms with Gasteiger partial charge in [0.25, 0.3) is 0 Å². The minimum Gasteiger partial charge on any atom is -0.371 e. The van der Waals surface area contributed by atoms with Crippen LogP contribution in [-0.4, -0.2) is 73.0 Å². The third-order valence-corrected chi connectivity index (χ3v) is 9.69. The Bertz CT molecular complexity index is 836. The summed E-state index contributed by atoms with van der Waals surface area (Å²) in [6.07, 6.45) is 8.36. The second kappa shape index (κ2) is 7.54. The van der Waals surface area contributed by atoms with E-state index < -0.39 is 10.0 Å². The fourth-order valence-corrected chi connectivity index (χ4v) is 7.70. The number of hydrogen-bond donors (Lipinski definition) is 0. The summed E-state index contributed by atoms with van der Waals surface area (Å²) in [6, 6.07) is 4.08. The van der Waals surface area contributed by atoms with E-state index in [0.29, 0.717) is 24.9 Å². The van der Waals surface area contributed by atoms with E-state index in [2.05, 4.69) is 9.88 Å². The molecule has 4 fully saturated rings. The SMILES string of the molecule is O=C(C1CN(S(=O)(=O)C2CCCCC2)C1)N1CC2CN(c3ccncc3)CC2C1. The Morgan fingerprint density at radius 3 is 2.14 bits per heavy atom. The first-order valence-corrected chi connectivity index (χ1v) is 12.5. The summed E-state index contributed by atoms with van der Waals surface area (Å²) in [5.41, 5.74) is 1.20. The van der Waals surface area contributed by atoms with Gasteiger partial charge in [-0.15, -0.1) is 0 Å². The summed E-state index contributed by atoms with van der Waals surface area (Å²) in [5.74, 6) is 1.02. The maximum absolute atomic E-state index is 12.9. The highest BCUT2D eigenvalue weighted by Gasteiger charge is 2.48. The molecule has 2 unspecified atom stereocenters. The Hall–Kier alpha value is -1.67. The molecule has 8 heteroatoms. The van der Waals surface area contributed by atoms with E-state index in [1.54, 1.807) is 4.31 Å². The van der Waals surface area contributed by atoms with Crippen LogP contribution in [0, 0.1) is 17.8 Å². The van der Waals surface area contributed by atoms with Crippen LogP contribution >= 0.6 is 0 Å². The number of rotatable bonds is 4. The molecule has 0 radical (unpaired) electrons. The van der Waals surface area contributed by atoms with Gasteiger partial charge in [-0.3, -0.25) is 9.78 Å². The largest absolute Gasteiger partial charge is 0.371 e. The van der Waals surface area contributed by atoms with E-state index in [0.717, 1.165) is 58.3 Å². The zero-order valence-corrected chi connectivity index (χ0v) is 17.6. The monoisotopic (exact) mass is 418 g/mol. The Labute approximate surface area is 173 Å². The van der Waals surface area contributed by atoms with Crippen LogP contribution in [0.4, 0.5) is 5.69 Å². The van der Waals surface area contributed by atoms with Crippen LogP contribution in [0.3, 0.4) is 0 Å². The molecule has 5 rings (SSSR count). The third-order valence-electron chi connectivity index (χ3n) is 7.36. The molecular weight excluding hydrogens is 388 g/mol. The van der Waals surface area contributed by atoms with Crippen LogP contribution in [0.1, 0.15) is 32.1 Å². The van der Waals surface area contributed by atoms with Crippen molar-refractivity contribution < 1.29 is 13.2 Å². The molecule has 0 N–H and O–H groups in total. The average Bonchev–Trinajstić information content (AvgIpc) is 3.27. The Morgan fingerprint density at radius 1 is 0.897 bits per heavy atom. The first kappa shape index (κ1) is 19.3. The van der Waals surface area contributed by atoms with Crippen molar-refractivity contribution in [2.45, 2.75) is 37.4 Å². The van der Waals surface area contributed by atoms with Gasteiger partial charge in [-0.05, 0) is 25.0 Å². The van der Waals surface area contributed by atoms with Gasteiger partial charge >= 0.3 is 0 Å². The predicted molar refractivity (Wildman–Crippen MR) is 111 cm³/mol. The van der Waals surface area contributed by atoms with E-state index in [4.69, 9.17) is 0 Å². The number of pyridine rings is 1. The number of likely N-dealkylation sites (tertiary alicyclic amines) is 1. The number of carbonyl (C=O) groups is 1. The van der Waals surface area contributed by atoms with E-state index in [-0.39, 0.29) is 17.1 Å². The standard InChI is InChI=1S/C21H30N4O3S/c26-21(18-14-25(15-18)29(27,28)20-4-2-1-3-5-20)24-12-16-10-23(11-17(16)13-24)19-6-8-22-9-7-19/h6-9,16-18,20H,1-5,10-15H2. The van der Waals surface area contributed by atoms with E-state index in [1.165, 1.54) is 5.69 Å². The highest BCUT2D eigenvalue weighted by molar-refractivity contribution is 7.89. The predicted octanol–water partition coefficient (Wildman–Crippen LogP) is 1.57. The lowest BCUT2D eigenvalue weighted by Crippen LogP contribution is -2.58. The van der Waals surface area contributed by atoms with Crippen LogP contribution in [0.2, 0.25) is 0 Å². The van der Waals surface area contributed by atoms with E-state index >= 15 is 0 Å². The minimum atomic E-state index is -3.22. The van der Waals surface area contributed by atoms with Gasteiger partial charge in [-0.1, -0.05) is 19.3 Å². The number of nitrogens with zero attached hydrogens (tertiary/aromatic N) is 4. The molecule has 0 bridgehead atoms. The van der Waals surface area contributed by atoms with Crippen molar-refractivity contribution in [1.82, 2.24) is 14.2 Å². The molecule has 0 spiro atoms. The van der Waals surface area contributed by atoms with E-state index in [1.807, 2.05) is 29.4 Å². The molecule has 7 nitrogen and oxygen atoms in total. The summed E-state index contributed by atoms with van der Waals surface area (Å²) in [6.45, 7) is 4.32. The highest BCUT2D eigenvalue weighted by atomic mass is 32.2. The summed E-state index contributed by atoms with van der Waals surface area (Å²) in [5, 5.41) is -0.224. The molecule has 1 aliphatic carbocycles. The van der Waals surface area contributed by atoms with Gasteiger partial charge in [-0.2, -0.15) is 4.31 Å². The molecule has 2 atom stereocenters. The van der Waals surface area contributed by atoms with Crippen molar-refractivity contribution in [3.63, 3.8) is 0 Å². The highest BCUT2D eigenvalue weighted by Crippen LogP contribution is 2.36. The first-order chi connectivity index (χ1) is 14.0. The molecule has 1 aromatic heterocycles. The Kier molecular flexibility index (Phi) is 5.02. The minimum absolute atomic E-state index is 0.150. The number of sulfonamides is 1. The van der Waals surface area contributed by atoms with Gasteiger partial charge in [0.15, 0.2) is 0 Å². The lowest BCUT2D eigenvalue weighted by Gasteiger charge is -2.41. The molecule has 1 saturated carbocycles. The van der Waals surface area contributed by atoms with Crippen LogP contribution < -0.4 is 4.90 Å². The van der Waals surface area contributed by atoms with Crippen molar-refractivity contribution >= 4 is 21.6 Å². The van der Waals surface area contributed by atoms with Gasteiger partial charge in [-0.25, -0.2) is 8.42 Å². The normalized spacial score (nSPS) is 29.1. The van der Waals surface area contributed by atoms with Gasteiger partial charge in [0.1, 0.15) is 0 Å². The maximum atomic E-state index is 12.9. The molecule has 4 aliphatic rings. The molecule has 1 amide bonds. The smallest absolute Gasteiger partial charge is 0.228 e. The fraction of sp³-hybridized carbons (Fsp3) is 0.714. The third kappa shape index (κ3) is 3.54. The Morgan fingerprint density at radius 2 is 1.52 bits per heavy atom. The van der Waals surface area contributed by atoms with Crippen molar-refractivity contribution in [1.29, 1.82) is 0 Å². The number of anilines is 1. The molecule has 29 heavy (non-hydrogen) atoms. The van der Waals surface area contributed by atoms with Gasteiger partial charge < -0.3 is 9.80 Å². The van der Waals surface area contributed by atoms with Crippen molar-refractivity contribution in [3.8, 4) is 0 Å². The van der Waals surface area contributed by atoms with Crippen LogP contribution in [0.5, 0.6) is 0 Å². The van der Waals surface area contributed by atoms with Gasteiger partial charge in [0, 0.05) is 69.2 Å². The molecule has 4 heterocycles. The van der Waals surface area contributed by atoms with Crippen LogP contribution in [0.15, 0.2) is 24.5 Å². The summed E-state index contributed by atoms with van der Waals surface area (Å²) in [4.78, 5) is 21.4. The topological polar surface area (TPSA) is 73.8 Å². The molecular formula is C21H30N4O3S. The zero-order valence-electron chi connectivity index (χ0n) is 16.8. The zero-order chi connectivity index (χ0) is 20.0. The van der Waals surface area contributed by atoms with Crippen LogP contribution in [0.25, 0.3) is 0 Å². The van der Waals surface area contributed by atoms with Crippen LogP contribution in [-0.2, 0) is 14.8 Å². The molecule has 3 aliphatic heterocycles. The second-order valence-corrected chi connectivity index (χ2v) is 11.4. The number of carbonyl (C=O) groups excluding carboxylic acids is 1. The summed E-state index contributed by atoms with van der Waals surface area (Å²) >= 11 is 0. The fourth-order valence-electron chi connectivity index (χ4n) is 5.57. The molecule has 158 valence electrons.